The van der Waals surface area contributed by atoms with Gasteiger partial charge in [-0.1, -0.05) is 57.0 Å². The average molecular weight is 1620 g/mol. The van der Waals surface area contributed by atoms with E-state index in [-0.39, 0.29) is 52.5 Å². The fourth-order valence-electron chi connectivity index (χ4n) is 13.9. The first-order chi connectivity index (χ1) is 54.5. The largest absolute Gasteiger partial charge is 0.507 e. The van der Waals surface area contributed by atoms with Gasteiger partial charge in [-0.3, -0.25) is 38.9 Å². The summed E-state index contributed by atoms with van der Waals surface area (Å²) < 4.78 is 50.1. The summed E-state index contributed by atoms with van der Waals surface area (Å²) in [6, 6.07) is 6.09. The molecule has 8 amide bonds. The molecule has 13 rings (SSSR count). The van der Waals surface area contributed by atoms with Gasteiger partial charge in [0, 0.05) is 40.4 Å². The number of halogens is 1. The van der Waals surface area contributed by atoms with Crippen molar-refractivity contribution in [3.63, 3.8) is 0 Å². The molecule has 2 fully saturated rings. The Morgan fingerprint density at radius 1 is 0.722 bits per heavy atom. The first-order valence-electron chi connectivity index (χ1n) is 36.8. The maximum absolute atomic E-state index is 16.3. The van der Waals surface area contributed by atoms with E-state index in [9.17, 15) is 69.9 Å². The molecule has 21 N–H and O–H groups in total. The van der Waals surface area contributed by atoms with Crippen LogP contribution in [0.5, 0.6) is 51.7 Å². The van der Waals surface area contributed by atoms with Crippen LogP contribution in [0.2, 0.25) is 5.02 Å². The van der Waals surface area contributed by atoms with E-state index in [0.29, 0.717) is 12.4 Å². The Morgan fingerprint density at radius 3 is 2.01 bits per heavy atom. The number of anilines is 1. The Bertz CT molecular complexity index is 4690. The second-order valence-electron chi connectivity index (χ2n) is 29.3. The number of nitrogens with one attached hydrogen (secondary N) is 8. The van der Waals surface area contributed by atoms with Crippen LogP contribution in [0.25, 0.3) is 11.1 Å². The zero-order valence-corrected chi connectivity index (χ0v) is 63.9. The summed E-state index contributed by atoms with van der Waals surface area (Å²) in [4.78, 5) is 133. The molecule has 0 saturated carbocycles. The quantitative estimate of drug-likeness (QED) is 0.0518. The predicted molar refractivity (Wildman–Crippen MR) is 404 cm³/mol. The summed E-state index contributed by atoms with van der Waals surface area (Å²) >= 11 is 7.15. The van der Waals surface area contributed by atoms with Crippen LogP contribution in [0, 0.1) is 12.8 Å². The van der Waals surface area contributed by atoms with Crippen LogP contribution in [-0.2, 0) is 52.6 Å². The molecule has 0 aliphatic carbocycles. The van der Waals surface area contributed by atoms with E-state index in [1.165, 1.54) is 58.2 Å². The van der Waals surface area contributed by atoms with Crippen molar-refractivity contribution >= 4 is 70.7 Å². The highest BCUT2D eigenvalue weighted by Crippen LogP contribution is 2.50. The number of phenolic OH excluding ortho intramolecular Hbond substituents is 2. The molecular weight excluding hydrogens is 1530 g/mol. The van der Waals surface area contributed by atoms with Gasteiger partial charge in [-0.2, -0.15) is 0 Å². The molecule has 0 spiro atoms. The molecule has 616 valence electrons. The SMILES string of the molecule is CCCCOc1ccc(NC(=O)Oc2cc(O)c3c(c2)[C@@H](C(=O)O)NC(=O)[C@H]2NC(=O)[C@H](NC(=O)[C@@H]4NC(=O)[C@H](CC(N)=O)NC(=O)[C@H](NC(=O)[C@@H](CC(C)C)NC)[C@H](O)c5ccc(c(C)c5)Oc5cc4cc(c5O[C@@H]4O[C@H](CO)[C@@H](O)[C@H](O)[C@H]4O[C@H]4C[C@](C)(N)[C@H](O)[C@H](C)O4)Oc4ccc(cc4Cl)[C@H]2O)c2ccc(O)c-3c2)cc1. The lowest BCUT2D eigenvalue weighted by atomic mass is 9.86. The lowest BCUT2D eigenvalue weighted by molar-refractivity contribution is -0.333. The van der Waals surface area contributed by atoms with Gasteiger partial charge < -0.3 is 133 Å². The standard InChI is InChI=1S/C78H91ClN10O26/c1-8-9-20-108-40-15-13-39(14-16-40)83-77(107)110-41-27-43-56(48(92)28-41)42-23-35(10-17-47(42)91)57-71(101)89-61(74(104)87-59(43)75(105)106)63(95)37-12-19-50(44(79)24-37)112-52-26-38-25-51(66(52)115-76-67(65(97)64(96)53(31-90)113-76)114-55-30-78(6,81)68(98)34(5)109-55)111-49-18-11-36(22-33(49)4)62(94)60(88-69(99)45(82-7)21-32(2)3)73(103)84-46(29-54(80)93)70(100)85-58(38)72(102)86-57/h10-19,22-28,32,34,45-46,53,55,57-65,67-68,76,82,90-92,94-98H,8-9,20-21,29-31,81H2,1-7H3,(H2,80,93)(H,83,107)(H,84,103)(H,85,100)(H,86,102)(H,87,104)(H,88,99)(H,89,101)(H,105,106)/t34-,45+,46-,53+,55-,57+,58+,59-,60+,61-,62+,63+,64+,65-,67+,68+,76-,78-/m0/s1. The van der Waals surface area contributed by atoms with Gasteiger partial charge in [-0.25, -0.2) is 9.59 Å². The summed E-state index contributed by atoms with van der Waals surface area (Å²) in [5.74, 6) is -15.0. The molecule has 0 aromatic heterocycles. The van der Waals surface area contributed by atoms with Crippen LogP contribution in [0.15, 0.2) is 103 Å². The number of aliphatic hydroxyl groups is 6. The molecule has 18 atom stereocenters. The molecule has 0 unspecified atom stereocenters. The fourth-order valence-corrected chi connectivity index (χ4v) is 14.2. The van der Waals surface area contributed by atoms with Gasteiger partial charge in [0.2, 0.25) is 53.4 Å². The zero-order valence-electron chi connectivity index (χ0n) is 63.2. The van der Waals surface area contributed by atoms with Crippen LogP contribution in [0.1, 0.15) is 130 Å². The summed E-state index contributed by atoms with van der Waals surface area (Å²) in [5.41, 5.74) is 8.45. The minimum absolute atomic E-state index is 0.0413. The number of aryl methyl sites for hydroxylation is 1. The number of hydrogen-bond donors (Lipinski definition) is 19. The molecule has 7 heterocycles. The number of rotatable bonds is 19. The topological polar surface area (TPSA) is 558 Å². The average Bonchev–Trinajstić information content (AvgIpc) is 0.763. The number of hydrogen-bond acceptors (Lipinski definition) is 27. The molecule has 0 radical (unpaired) electrons. The van der Waals surface area contributed by atoms with E-state index >= 15 is 19.2 Å². The number of carbonyl (C=O) groups excluding carboxylic acids is 8. The number of benzene rings is 6. The normalized spacial score (nSPS) is 27.1. The molecule has 6 aromatic carbocycles. The minimum atomic E-state index is -2.35. The van der Waals surface area contributed by atoms with Crippen molar-refractivity contribution in [2.45, 2.75) is 183 Å². The Hall–Kier alpha value is -11.0. The number of carboxylic acid groups (broad SMARTS) is 1. The van der Waals surface area contributed by atoms with Gasteiger partial charge in [0.25, 0.3) is 0 Å². The molecule has 115 heavy (non-hydrogen) atoms. The highest BCUT2D eigenvalue weighted by Gasteiger charge is 2.52. The zero-order chi connectivity index (χ0) is 83.3. The van der Waals surface area contributed by atoms with Gasteiger partial charge in [-0.05, 0) is 153 Å². The van der Waals surface area contributed by atoms with Crippen LogP contribution in [0.3, 0.4) is 0 Å². The summed E-state index contributed by atoms with van der Waals surface area (Å²) in [6.45, 7) is 9.63. The molecule has 7 aliphatic rings. The third-order valence-electron chi connectivity index (χ3n) is 20.1. The van der Waals surface area contributed by atoms with Gasteiger partial charge in [0.05, 0.1) is 42.9 Å². The number of ether oxygens (including phenoxy) is 8. The highest BCUT2D eigenvalue weighted by molar-refractivity contribution is 6.32. The number of fused-ring (bicyclic) bond motifs is 15. The minimum Gasteiger partial charge on any atom is -0.507 e. The number of carbonyl (C=O) groups is 9. The van der Waals surface area contributed by atoms with Gasteiger partial charge in [-0.15, -0.1) is 0 Å². The van der Waals surface area contributed by atoms with Crippen molar-refractivity contribution in [1.82, 2.24) is 37.2 Å². The van der Waals surface area contributed by atoms with Crippen LogP contribution in [-0.4, -0.2) is 199 Å². The number of phenols is 2. The van der Waals surface area contributed by atoms with Crippen molar-refractivity contribution in [2.24, 2.45) is 17.4 Å². The fraction of sp³-hybridized carbons (Fsp3) is 0.423. The number of primary amides is 1. The first-order valence-corrected chi connectivity index (χ1v) is 37.2. The first kappa shape index (κ1) is 84.9. The number of carboxylic acids is 1. The maximum atomic E-state index is 16.3. The molecular formula is C78H91ClN10O26. The third-order valence-corrected chi connectivity index (χ3v) is 20.4. The Labute approximate surface area is 662 Å². The van der Waals surface area contributed by atoms with Gasteiger partial charge >= 0.3 is 12.1 Å². The number of aliphatic carboxylic acids is 1. The van der Waals surface area contributed by atoms with E-state index in [1.807, 2.05) is 20.8 Å². The predicted octanol–water partition coefficient (Wildman–Crippen LogP) is 2.85. The van der Waals surface area contributed by atoms with E-state index < -0.39 is 243 Å². The van der Waals surface area contributed by atoms with Crippen LogP contribution >= 0.6 is 11.6 Å². The number of aromatic hydroxyl groups is 2. The summed E-state index contributed by atoms with van der Waals surface area (Å²) in [6.07, 6.45) is -18.0. The van der Waals surface area contributed by atoms with E-state index in [2.05, 4.69) is 42.5 Å². The van der Waals surface area contributed by atoms with Crippen LogP contribution in [0.4, 0.5) is 10.5 Å². The lowest BCUT2D eigenvalue weighted by Gasteiger charge is -2.47. The molecule has 37 heteroatoms. The highest BCUT2D eigenvalue weighted by atomic mass is 35.5. The molecule has 36 nitrogen and oxygen atoms in total. The van der Waals surface area contributed by atoms with Crippen molar-refractivity contribution in [2.75, 3.05) is 25.6 Å². The smallest absolute Gasteiger partial charge is 0.417 e. The number of likely N-dealkylation sites (N-methyl/N-ethyl adjacent to an activating group) is 1. The number of aliphatic hydroxyl groups excluding tert-OH is 6. The summed E-state index contributed by atoms with van der Waals surface area (Å²) in [7, 11) is 1.49. The Balaban J connectivity index is 1.12. The van der Waals surface area contributed by atoms with Gasteiger partial charge in [0.1, 0.15) is 95.2 Å². The lowest BCUT2D eigenvalue weighted by Crippen LogP contribution is -2.64. The van der Waals surface area contributed by atoms with Crippen molar-refractivity contribution in [3.05, 3.63) is 142 Å². The maximum Gasteiger partial charge on any atom is 0.417 e. The van der Waals surface area contributed by atoms with E-state index in [0.717, 1.165) is 73.5 Å². The molecule has 11 bridgehead atoms. The molecule has 2 saturated heterocycles. The Morgan fingerprint density at radius 2 is 1.37 bits per heavy atom. The molecule has 6 aromatic rings. The summed E-state index contributed by atoms with van der Waals surface area (Å²) in [5, 5.41) is 125. The molecule has 7 aliphatic heterocycles. The third kappa shape index (κ3) is 19.2. The Kier molecular flexibility index (Phi) is 26.4. The second-order valence-corrected chi connectivity index (χ2v) is 29.7. The van der Waals surface area contributed by atoms with E-state index in [1.54, 1.807) is 12.1 Å². The second kappa shape index (κ2) is 35.8. The van der Waals surface area contributed by atoms with Gasteiger partial charge in [0.15, 0.2) is 29.9 Å². The van der Waals surface area contributed by atoms with Crippen LogP contribution < -0.4 is 77.7 Å². The number of amides is 8. The van der Waals surface area contributed by atoms with E-state index in [4.69, 9.17) is 61.0 Å². The van der Waals surface area contributed by atoms with Crippen molar-refractivity contribution in [3.8, 4) is 62.9 Å². The monoisotopic (exact) mass is 1620 g/mol. The van der Waals surface area contributed by atoms with Crippen molar-refractivity contribution < 1.29 is 127 Å². The number of unbranched alkanes of at least 4 members (excludes halogenated alkanes) is 1. The number of nitrogens with two attached hydrogens (primary N) is 2. The van der Waals surface area contributed by atoms with Crippen molar-refractivity contribution in [1.29, 1.82) is 0 Å².